The first-order chi connectivity index (χ1) is 13.7. The van der Waals surface area contributed by atoms with Crippen molar-refractivity contribution in [3.8, 4) is 5.75 Å². The van der Waals surface area contributed by atoms with Crippen LogP contribution in [0.4, 0.5) is 5.69 Å². The van der Waals surface area contributed by atoms with Crippen LogP contribution in [0.3, 0.4) is 0 Å². The molecule has 2 aromatic carbocycles. The first-order valence-corrected chi connectivity index (χ1v) is 12.0. The molecule has 0 aliphatic rings. The lowest BCUT2D eigenvalue weighted by molar-refractivity contribution is -0.121. The van der Waals surface area contributed by atoms with E-state index in [1.165, 1.54) is 9.87 Å². The van der Waals surface area contributed by atoms with Crippen LogP contribution < -0.4 is 14.4 Å². The van der Waals surface area contributed by atoms with Crippen LogP contribution in [0.25, 0.3) is 0 Å². The summed E-state index contributed by atoms with van der Waals surface area (Å²) >= 11 is 3.38. The van der Waals surface area contributed by atoms with Gasteiger partial charge in [0.1, 0.15) is 12.4 Å². The maximum atomic E-state index is 12.1. The molecular formula is C21H27BrN2O4S. The maximum absolute atomic E-state index is 12.1. The van der Waals surface area contributed by atoms with Gasteiger partial charge in [-0.1, -0.05) is 18.2 Å². The number of carbonyl (C=O) groups is 1. The van der Waals surface area contributed by atoms with E-state index in [9.17, 15) is 13.2 Å². The molecule has 2 aromatic rings. The molecule has 1 N–H and O–H groups in total. The summed E-state index contributed by atoms with van der Waals surface area (Å²) in [7, 11) is -3.44. The molecule has 0 fully saturated rings. The topological polar surface area (TPSA) is 75.7 Å². The van der Waals surface area contributed by atoms with Gasteiger partial charge in [-0.3, -0.25) is 9.10 Å². The van der Waals surface area contributed by atoms with Crippen molar-refractivity contribution in [2.75, 3.05) is 30.3 Å². The molecule has 0 heterocycles. The van der Waals surface area contributed by atoms with Crippen LogP contribution in [-0.2, 0) is 14.8 Å². The van der Waals surface area contributed by atoms with Crippen molar-refractivity contribution in [1.82, 2.24) is 5.32 Å². The van der Waals surface area contributed by atoms with E-state index in [-0.39, 0.29) is 18.9 Å². The van der Waals surface area contributed by atoms with Gasteiger partial charge in [0.05, 0.1) is 18.5 Å². The zero-order valence-corrected chi connectivity index (χ0v) is 19.3. The van der Waals surface area contributed by atoms with Crippen LogP contribution in [0.5, 0.6) is 5.75 Å². The lowest BCUT2D eigenvalue weighted by Crippen LogP contribution is -2.33. The minimum absolute atomic E-state index is 0.130. The summed E-state index contributed by atoms with van der Waals surface area (Å²) < 4.78 is 31.9. The third-order valence-corrected chi connectivity index (χ3v) is 6.31. The molecule has 29 heavy (non-hydrogen) atoms. The van der Waals surface area contributed by atoms with E-state index < -0.39 is 10.0 Å². The Labute approximate surface area is 181 Å². The van der Waals surface area contributed by atoms with E-state index >= 15 is 0 Å². The van der Waals surface area contributed by atoms with Gasteiger partial charge in [0.15, 0.2) is 0 Å². The third-order valence-electron chi connectivity index (χ3n) is 4.46. The van der Waals surface area contributed by atoms with E-state index in [2.05, 4.69) is 21.2 Å². The molecule has 0 unspecified atom stereocenters. The summed E-state index contributed by atoms with van der Waals surface area (Å²) in [5.41, 5.74) is 2.93. The second kappa shape index (κ2) is 10.6. The Bertz CT molecular complexity index is 947. The van der Waals surface area contributed by atoms with Crippen LogP contribution in [0.1, 0.15) is 24.0 Å². The summed E-state index contributed by atoms with van der Waals surface area (Å²) in [6, 6.07) is 13.0. The SMILES string of the molecule is Cc1ccc(OCCNC(=O)CCCN(c2ccccc2Br)S(C)(=O)=O)cc1C. The van der Waals surface area contributed by atoms with Gasteiger partial charge in [-0.05, 0) is 71.6 Å². The van der Waals surface area contributed by atoms with Crippen LogP contribution in [0.2, 0.25) is 0 Å². The van der Waals surface area contributed by atoms with E-state index in [0.717, 1.165) is 17.6 Å². The highest BCUT2D eigenvalue weighted by atomic mass is 79.9. The Kier molecular flexibility index (Phi) is 8.52. The van der Waals surface area contributed by atoms with Gasteiger partial charge in [0, 0.05) is 17.4 Å². The molecule has 0 spiro atoms. The van der Waals surface area contributed by atoms with Crippen molar-refractivity contribution in [2.45, 2.75) is 26.7 Å². The Morgan fingerprint density at radius 2 is 1.86 bits per heavy atom. The van der Waals surface area contributed by atoms with Gasteiger partial charge in [0.2, 0.25) is 15.9 Å². The van der Waals surface area contributed by atoms with Crippen molar-refractivity contribution in [3.05, 3.63) is 58.1 Å². The number of rotatable bonds is 10. The number of nitrogens with zero attached hydrogens (tertiary/aromatic N) is 1. The first-order valence-electron chi connectivity index (χ1n) is 9.37. The van der Waals surface area contributed by atoms with Crippen molar-refractivity contribution in [1.29, 1.82) is 0 Å². The Hall–Kier alpha value is -2.06. The predicted octanol–water partition coefficient (Wildman–Crippen LogP) is 3.81. The van der Waals surface area contributed by atoms with Crippen LogP contribution in [0.15, 0.2) is 46.9 Å². The number of carbonyl (C=O) groups excluding carboxylic acids is 1. The zero-order chi connectivity index (χ0) is 21.4. The van der Waals surface area contributed by atoms with Crippen molar-refractivity contribution >= 4 is 37.5 Å². The number of nitrogens with one attached hydrogen (secondary N) is 1. The van der Waals surface area contributed by atoms with Gasteiger partial charge in [-0.2, -0.15) is 0 Å². The van der Waals surface area contributed by atoms with Crippen molar-refractivity contribution in [3.63, 3.8) is 0 Å². The fourth-order valence-electron chi connectivity index (χ4n) is 2.75. The van der Waals surface area contributed by atoms with Crippen LogP contribution >= 0.6 is 15.9 Å². The van der Waals surface area contributed by atoms with Gasteiger partial charge < -0.3 is 10.1 Å². The quantitative estimate of drug-likeness (QED) is 0.522. The molecule has 2 rings (SSSR count). The highest BCUT2D eigenvalue weighted by Gasteiger charge is 2.19. The fourth-order valence-corrected chi connectivity index (χ4v) is 4.35. The van der Waals surface area contributed by atoms with Gasteiger partial charge in [-0.25, -0.2) is 8.42 Å². The smallest absolute Gasteiger partial charge is 0.232 e. The molecule has 0 bridgehead atoms. The normalized spacial score (nSPS) is 11.2. The highest BCUT2D eigenvalue weighted by molar-refractivity contribution is 9.10. The summed E-state index contributed by atoms with van der Waals surface area (Å²) in [6.07, 6.45) is 1.81. The standard InChI is InChI=1S/C21H27BrN2O4S/c1-16-10-11-18(15-17(16)2)28-14-12-23-21(25)9-6-13-24(29(3,26)27)20-8-5-4-7-19(20)22/h4-5,7-8,10-11,15H,6,9,12-14H2,1-3H3,(H,23,25). The highest BCUT2D eigenvalue weighted by Crippen LogP contribution is 2.27. The van der Waals surface area contributed by atoms with Crippen molar-refractivity contribution in [2.24, 2.45) is 0 Å². The zero-order valence-electron chi connectivity index (χ0n) is 16.9. The largest absolute Gasteiger partial charge is 0.492 e. The second-order valence-electron chi connectivity index (χ2n) is 6.83. The van der Waals surface area contributed by atoms with Gasteiger partial charge in [-0.15, -0.1) is 0 Å². The predicted molar refractivity (Wildman–Crippen MR) is 120 cm³/mol. The van der Waals surface area contributed by atoms with Gasteiger partial charge >= 0.3 is 0 Å². The molecule has 0 aliphatic carbocycles. The number of aryl methyl sites for hydroxylation is 2. The summed E-state index contributed by atoms with van der Waals surface area (Å²) in [6.45, 7) is 5.07. The number of para-hydroxylation sites is 1. The molecule has 8 heteroatoms. The molecule has 1 amide bonds. The summed E-state index contributed by atoms with van der Waals surface area (Å²) in [4.78, 5) is 12.0. The lowest BCUT2D eigenvalue weighted by Gasteiger charge is -2.23. The number of ether oxygens (including phenoxy) is 1. The number of hydrogen-bond donors (Lipinski definition) is 1. The number of hydrogen-bond acceptors (Lipinski definition) is 4. The van der Waals surface area contributed by atoms with Crippen LogP contribution in [-0.4, -0.2) is 40.3 Å². The minimum Gasteiger partial charge on any atom is -0.492 e. The van der Waals surface area contributed by atoms with E-state index in [4.69, 9.17) is 4.74 Å². The molecule has 0 aliphatic heterocycles. The van der Waals surface area contributed by atoms with E-state index in [1.807, 2.05) is 38.1 Å². The fraction of sp³-hybridized carbons (Fsp3) is 0.381. The van der Waals surface area contributed by atoms with Crippen LogP contribution in [0, 0.1) is 13.8 Å². The Morgan fingerprint density at radius 3 is 2.52 bits per heavy atom. The lowest BCUT2D eigenvalue weighted by atomic mass is 10.1. The Morgan fingerprint density at radius 1 is 1.14 bits per heavy atom. The number of halogens is 1. The molecule has 0 atom stereocenters. The third kappa shape index (κ3) is 7.36. The number of sulfonamides is 1. The summed E-state index contributed by atoms with van der Waals surface area (Å²) in [5, 5.41) is 2.80. The van der Waals surface area contributed by atoms with E-state index in [0.29, 0.717) is 29.7 Å². The second-order valence-corrected chi connectivity index (χ2v) is 9.60. The molecule has 0 saturated heterocycles. The maximum Gasteiger partial charge on any atom is 0.232 e. The first kappa shape index (κ1) is 23.2. The average molecular weight is 483 g/mol. The molecule has 6 nitrogen and oxygen atoms in total. The number of benzene rings is 2. The van der Waals surface area contributed by atoms with Gasteiger partial charge in [0.25, 0.3) is 0 Å². The molecule has 0 saturated carbocycles. The van der Waals surface area contributed by atoms with E-state index in [1.54, 1.807) is 18.2 Å². The van der Waals surface area contributed by atoms with Crippen molar-refractivity contribution < 1.29 is 17.9 Å². The Balaban J connectivity index is 1.76. The molecule has 0 aromatic heterocycles. The minimum atomic E-state index is -3.44. The molecule has 0 radical (unpaired) electrons. The number of anilines is 1. The summed E-state index contributed by atoms with van der Waals surface area (Å²) in [5.74, 6) is 0.647. The molecular weight excluding hydrogens is 456 g/mol. The number of amides is 1. The molecule has 158 valence electrons. The average Bonchev–Trinajstić information content (AvgIpc) is 2.65. The monoisotopic (exact) mass is 482 g/mol.